The maximum absolute atomic E-state index is 5.25. The van der Waals surface area contributed by atoms with E-state index in [4.69, 9.17) is 4.74 Å². The number of likely N-dealkylation sites (tertiary alicyclic amines) is 1. The zero-order valence-electron chi connectivity index (χ0n) is 11.8. The highest BCUT2D eigenvalue weighted by molar-refractivity contribution is 9.10. The van der Waals surface area contributed by atoms with Gasteiger partial charge in [-0.1, -0.05) is 6.92 Å². The number of rotatable bonds is 5. The fraction of sp³-hybridized carbons (Fsp3) is 0.600. The number of ether oxygens (including phenoxy) is 1. The lowest BCUT2D eigenvalue weighted by Crippen LogP contribution is -2.39. The largest absolute Gasteiger partial charge is 0.496 e. The monoisotopic (exact) mass is 326 g/mol. The summed E-state index contributed by atoms with van der Waals surface area (Å²) in [7, 11) is 1.69. The van der Waals surface area contributed by atoms with Gasteiger partial charge in [-0.2, -0.15) is 0 Å². The summed E-state index contributed by atoms with van der Waals surface area (Å²) >= 11 is 3.53. The van der Waals surface area contributed by atoms with Crippen molar-refractivity contribution in [1.82, 2.24) is 4.90 Å². The normalized spacial score (nSPS) is 17.4. The van der Waals surface area contributed by atoms with Gasteiger partial charge >= 0.3 is 0 Å². The van der Waals surface area contributed by atoms with Crippen molar-refractivity contribution in [3.63, 3.8) is 0 Å². The molecule has 1 aromatic rings. The van der Waals surface area contributed by atoms with Gasteiger partial charge in [0, 0.05) is 24.8 Å². The third-order valence-corrected chi connectivity index (χ3v) is 4.27. The van der Waals surface area contributed by atoms with Crippen molar-refractivity contribution in [3.05, 3.63) is 22.7 Å². The predicted molar refractivity (Wildman–Crippen MR) is 84.1 cm³/mol. The Kier molecular flexibility index (Phi) is 5.52. The van der Waals surface area contributed by atoms with Crippen molar-refractivity contribution in [2.75, 3.05) is 32.1 Å². The number of nitrogens with zero attached hydrogens (tertiary/aromatic N) is 1. The van der Waals surface area contributed by atoms with Crippen LogP contribution in [0.3, 0.4) is 0 Å². The molecule has 106 valence electrons. The lowest BCUT2D eigenvalue weighted by atomic mass is 10.0. The van der Waals surface area contributed by atoms with Gasteiger partial charge in [0.15, 0.2) is 0 Å². The molecule has 1 aliphatic heterocycles. The first-order chi connectivity index (χ1) is 9.22. The molecule has 2 rings (SSSR count). The average Bonchev–Trinajstić information content (AvgIpc) is 2.42. The third-order valence-electron chi connectivity index (χ3n) is 3.65. The van der Waals surface area contributed by atoms with E-state index in [9.17, 15) is 0 Å². The molecule has 0 saturated carbocycles. The maximum atomic E-state index is 5.25. The Morgan fingerprint density at radius 2 is 2.11 bits per heavy atom. The zero-order valence-corrected chi connectivity index (χ0v) is 13.4. The second kappa shape index (κ2) is 7.15. The van der Waals surface area contributed by atoms with Gasteiger partial charge in [-0.25, -0.2) is 0 Å². The number of hydrogen-bond acceptors (Lipinski definition) is 3. The van der Waals surface area contributed by atoms with Crippen LogP contribution in [0.2, 0.25) is 0 Å². The van der Waals surface area contributed by atoms with Crippen molar-refractivity contribution in [2.24, 2.45) is 0 Å². The van der Waals surface area contributed by atoms with Crippen LogP contribution in [0.15, 0.2) is 22.7 Å². The van der Waals surface area contributed by atoms with Gasteiger partial charge in [-0.05, 0) is 59.9 Å². The molecule has 0 amide bonds. The number of anilines is 1. The highest BCUT2D eigenvalue weighted by atomic mass is 79.9. The first kappa shape index (κ1) is 14.7. The van der Waals surface area contributed by atoms with Gasteiger partial charge in [-0.3, -0.25) is 0 Å². The van der Waals surface area contributed by atoms with E-state index in [0.717, 1.165) is 10.2 Å². The van der Waals surface area contributed by atoms with E-state index in [2.05, 4.69) is 45.2 Å². The molecule has 19 heavy (non-hydrogen) atoms. The molecule has 1 aromatic carbocycles. The fourth-order valence-corrected chi connectivity index (χ4v) is 3.15. The first-order valence-electron chi connectivity index (χ1n) is 7.05. The summed E-state index contributed by atoms with van der Waals surface area (Å²) in [5.74, 6) is 0.878. The molecular formula is C15H23BrN2O. The van der Waals surface area contributed by atoms with Crippen molar-refractivity contribution < 1.29 is 4.74 Å². The lowest BCUT2D eigenvalue weighted by Gasteiger charge is -2.32. The molecule has 1 aliphatic rings. The molecule has 1 fully saturated rings. The van der Waals surface area contributed by atoms with E-state index < -0.39 is 0 Å². The predicted octanol–water partition coefficient (Wildman–Crippen LogP) is 3.74. The van der Waals surface area contributed by atoms with E-state index in [1.807, 2.05) is 6.07 Å². The molecule has 3 nitrogen and oxygen atoms in total. The topological polar surface area (TPSA) is 24.5 Å². The van der Waals surface area contributed by atoms with Crippen molar-refractivity contribution in [2.45, 2.75) is 32.2 Å². The third kappa shape index (κ3) is 4.11. The van der Waals surface area contributed by atoms with E-state index in [0.29, 0.717) is 6.04 Å². The zero-order chi connectivity index (χ0) is 13.7. The molecule has 0 aromatic heterocycles. The summed E-state index contributed by atoms with van der Waals surface area (Å²) < 4.78 is 6.25. The Morgan fingerprint density at radius 1 is 1.37 bits per heavy atom. The maximum Gasteiger partial charge on any atom is 0.133 e. The molecule has 1 saturated heterocycles. The van der Waals surface area contributed by atoms with Crippen LogP contribution in [-0.4, -0.2) is 37.7 Å². The van der Waals surface area contributed by atoms with Crippen LogP contribution < -0.4 is 10.1 Å². The minimum atomic E-state index is 0.591. The minimum absolute atomic E-state index is 0.591. The van der Waals surface area contributed by atoms with Crippen LogP contribution in [0.5, 0.6) is 5.75 Å². The van der Waals surface area contributed by atoms with Crippen molar-refractivity contribution >= 4 is 21.6 Å². The van der Waals surface area contributed by atoms with Crippen LogP contribution in [-0.2, 0) is 0 Å². The highest BCUT2D eigenvalue weighted by Crippen LogP contribution is 2.28. The van der Waals surface area contributed by atoms with Crippen LogP contribution in [0.25, 0.3) is 0 Å². The molecule has 0 atom stereocenters. The van der Waals surface area contributed by atoms with E-state index >= 15 is 0 Å². The average molecular weight is 327 g/mol. The summed E-state index contributed by atoms with van der Waals surface area (Å²) in [5.41, 5.74) is 1.17. The smallest absolute Gasteiger partial charge is 0.133 e. The molecule has 0 unspecified atom stereocenters. The van der Waals surface area contributed by atoms with Gasteiger partial charge in [-0.15, -0.1) is 0 Å². The molecule has 1 N–H and O–H groups in total. The molecule has 0 radical (unpaired) electrons. The molecule has 0 bridgehead atoms. The standard InChI is InChI=1S/C15H23BrN2O/c1-3-8-18-9-6-12(7-10-18)17-13-4-5-15(19-2)14(16)11-13/h4-5,11-12,17H,3,6-10H2,1-2H3. The summed E-state index contributed by atoms with van der Waals surface area (Å²) in [4.78, 5) is 2.56. The summed E-state index contributed by atoms with van der Waals surface area (Å²) in [5, 5.41) is 3.62. The van der Waals surface area contributed by atoms with Crippen LogP contribution in [0, 0.1) is 0 Å². The Bertz CT molecular complexity index is 403. The van der Waals surface area contributed by atoms with Gasteiger partial charge in [0.05, 0.1) is 11.6 Å². The Morgan fingerprint density at radius 3 is 2.68 bits per heavy atom. The number of hydrogen-bond donors (Lipinski definition) is 1. The quantitative estimate of drug-likeness (QED) is 0.891. The molecule has 4 heteroatoms. The van der Waals surface area contributed by atoms with Crippen molar-refractivity contribution in [3.8, 4) is 5.75 Å². The molecule has 1 heterocycles. The Hall–Kier alpha value is -0.740. The summed E-state index contributed by atoms with van der Waals surface area (Å²) in [6.45, 7) is 5.91. The second-order valence-electron chi connectivity index (χ2n) is 5.11. The van der Waals surface area contributed by atoms with Crippen molar-refractivity contribution in [1.29, 1.82) is 0 Å². The highest BCUT2D eigenvalue weighted by Gasteiger charge is 2.18. The first-order valence-corrected chi connectivity index (χ1v) is 7.84. The number of piperidine rings is 1. The SMILES string of the molecule is CCCN1CCC(Nc2ccc(OC)c(Br)c2)CC1. The Labute approximate surface area is 124 Å². The van der Waals surface area contributed by atoms with Gasteiger partial charge < -0.3 is 15.0 Å². The summed E-state index contributed by atoms with van der Waals surface area (Å²) in [6.07, 6.45) is 3.71. The molecular weight excluding hydrogens is 304 g/mol. The fourth-order valence-electron chi connectivity index (χ4n) is 2.61. The van der Waals surface area contributed by atoms with Crippen LogP contribution in [0.4, 0.5) is 5.69 Å². The van der Waals surface area contributed by atoms with E-state index in [1.165, 1.54) is 44.6 Å². The Balaban J connectivity index is 1.87. The number of halogens is 1. The number of nitrogens with one attached hydrogen (secondary N) is 1. The van der Waals surface area contributed by atoms with Gasteiger partial charge in [0.2, 0.25) is 0 Å². The molecule has 0 spiro atoms. The number of methoxy groups -OCH3 is 1. The van der Waals surface area contributed by atoms with Gasteiger partial charge in [0.25, 0.3) is 0 Å². The van der Waals surface area contributed by atoms with Crippen LogP contribution >= 0.6 is 15.9 Å². The van der Waals surface area contributed by atoms with Crippen LogP contribution in [0.1, 0.15) is 26.2 Å². The number of benzene rings is 1. The minimum Gasteiger partial charge on any atom is -0.496 e. The lowest BCUT2D eigenvalue weighted by molar-refractivity contribution is 0.219. The van der Waals surface area contributed by atoms with Gasteiger partial charge in [0.1, 0.15) is 5.75 Å². The van der Waals surface area contributed by atoms with E-state index in [1.54, 1.807) is 7.11 Å². The second-order valence-corrected chi connectivity index (χ2v) is 5.96. The summed E-state index contributed by atoms with van der Waals surface area (Å²) in [6, 6.07) is 6.77. The van der Waals surface area contributed by atoms with E-state index in [-0.39, 0.29) is 0 Å². The molecule has 0 aliphatic carbocycles.